The number of nitrogens with two attached hydrogens (primary N) is 1. The van der Waals surface area contributed by atoms with Crippen molar-refractivity contribution in [3.05, 3.63) is 18.2 Å². The summed E-state index contributed by atoms with van der Waals surface area (Å²) in [5.74, 6) is 0.340. The van der Waals surface area contributed by atoms with Crippen molar-refractivity contribution in [3.63, 3.8) is 0 Å². The van der Waals surface area contributed by atoms with Gasteiger partial charge >= 0.3 is 0 Å². The number of nitrogen functional groups attached to an aromatic ring is 1. The molecule has 1 aliphatic carbocycles. The molecule has 0 aromatic heterocycles. The Morgan fingerprint density at radius 3 is 2.79 bits per heavy atom. The van der Waals surface area contributed by atoms with Crippen LogP contribution in [0.3, 0.4) is 0 Å². The van der Waals surface area contributed by atoms with Crippen LogP contribution in [0, 0.1) is 0 Å². The quantitative estimate of drug-likeness (QED) is 0.818. The summed E-state index contributed by atoms with van der Waals surface area (Å²) in [5, 5.41) is 0. The highest BCUT2D eigenvalue weighted by Crippen LogP contribution is 2.27. The minimum absolute atomic E-state index is 0.0206. The van der Waals surface area contributed by atoms with E-state index in [9.17, 15) is 9.00 Å². The monoisotopic (exact) mass is 282 g/mol. The summed E-state index contributed by atoms with van der Waals surface area (Å²) in [6.45, 7) is 0. The maximum absolute atomic E-state index is 12.2. The average Bonchev–Trinajstić information content (AvgIpc) is 3.21. The first-order valence-electron chi connectivity index (χ1n) is 6.10. The second-order valence-electron chi connectivity index (χ2n) is 4.64. The van der Waals surface area contributed by atoms with E-state index < -0.39 is 10.8 Å². The zero-order chi connectivity index (χ0) is 14.0. The minimum atomic E-state index is -1.41. The molecule has 0 spiro atoms. The number of amides is 1. The highest BCUT2D eigenvalue weighted by atomic mass is 32.2. The fourth-order valence-corrected chi connectivity index (χ4v) is 3.00. The van der Waals surface area contributed by atoms with Gasteiger partial charge in [-0.3, -0.25) is 9.00 Å². The van der Waals surface area contributed by atoms with Crippen molar-refractivity contribution in [3.8, 4) is 5.75 Å². The molecular weight excluding hydrogens is 264 g/mol. The first kappa shape index (κ1) is 13.9. The van der Waals surface area contributed by atoms with Crippen molar-refractivity contribution in [1.82, 2.24) is 4.90 Å². The normalized spacial score (nSPS) is 15.9. The first-order chi connectivity index (χ1) is 9.02. The zero-order valence-electron chi connectivity index (χ0n) is 11.1. The Morgan fingerprint density at radius 1 is 1.53 bits per heavy atom. The molecule has 1 fully saturated rings. The highest BCUT2D eigenvalue weighted by Gasteiger charge is 2.30. The van der Waals surface area contributed by atoms with Gasteiger partial charge in [0.15, 0.2) is 0 Å². The molecule has 5 nitrogen and oxygen atoms in total. The van der Waals surface area contributed by atoms with E-state index in [1.165, 1.54) is 7.11 Å². The molecule has 2 N–H and O–H groups in total. The molecule has 19 heavy (non-hydrogen) atoms. The second-order valence-corrected chi connectivity index (χ2v) is 6.06. The molecule has 6 heteroatoms. The van der Waals surface area contributed by atoms with Crippen LogP contribution >= 0.6 is 0 Å². The predicted molar refractivity (Wildman–Crippen MR) is 74.5 cm³/mol. The number of anilines is 1. The van der Waals surface area contributed by atoms with Crippen molar-refractivity contribution in [2.45, 2.75) is 23.8 Å². The molecule has 0 saturated heterocycles. The molecule has 104 valence electrons. The number of hydrogen-bond acceptors (Lipinski definition) is 4. The van der Waals surface area contributed by atoms with Gasteiger partial charge in [-0.15, -0.1) is 0 Å². The van der Waals surface area contributed by atoms with Crippen LogP contribution in [0.2, 0.25) is 0 Å². The smallest absolute Gasteiger partial charge is 0.235 e. The van der Waals surface area contributed by atoms with Gasteiger partial charge in [-0.25, -0.2) is 0 Å². The third-order valence-electron chi connectivity index (χ3n) is 3.18. The van der Waals surface area contributed by atoms with Crippen LogP contribution in [-0.4, -0.2) is 41.0 Å². The summed E-state index contributed by atoms with van der Waals surface area (Å²) >= 11 is 0. The fraction of sp³-hybridized carbons (Fsp3) is 0.462. The van der Waals surface area contributed by atoms with Gasteiger partial charge in [0.1, 0.15) is 11.5 Å². The molecule has 1 saturated carbocycles. The van der Waals surface area contributed by atoms with Crippen molar-refractivity contribution in [2.24, 2.45) is 0 Å². The molecule has 1 atom stereocenters. The lowest BCUT2D eigenvalue weighted by Crippen LogP contribution is -2.32. The Balaban J connectivity index is 2.09. The lowest BCUT2D eigenvalue weighted by molar-refractivity contribution is -0.127. The number of benzene rings is 1. The summed E-state index contributed by atoms with van der Waals surface area (Å²) < 4.78 is 17.4. The van der Waals surface area contributed by atoms with E-state index >= 15 is 0 Å². The largest absolute Gasteiger partial charge is 0.495 e. The van der Waals surface area contributed by atoms with Crippen LogP contribution < -0.4 is 10.5 Å². The van der Waals surface area contributed by atoms with Gasteiger partial charge in [-0.2, -0.15) is 0 Å². The number of carbonyl (C=O) groups is 1. The topological polar surface area (TPSA) is 72.6 Å². The van der Waals surface area contributed by atoms with E-state index in [1.54, 1.807) is 30.1 Å². The Kier molecular flexibility index (Phi) is 4.09. The van der Waals surface area contributed by atoms with Crippen molar-refractivity contribution >= 4 is 22.4 Å². The van der Waals surface area contributed by atoms with Crippen LogP contribution in [0.5, 0.6) is 5.75 Å². The Bertz CT molecular complexity index is 515. The van der Waals surface area contributed by atoms with Gasteiger partial charge in [-0.1, -0.05) is 0 Å². The number of hydrogen-bond donors (Lipinski definition) is 1. The third-order valence-corrected chi connectivity index (χ3v) is 4.51. The molecular formula is C13H18N2O3S. The summed E-state index contributed by atoms with van der Waals surface area (Å²) in [6, 6.07) is 5.25. The van der Waals surface area contributed by atoms with Crippen molar-refractivity contribution in [1.29, 1.82) is 0 Å². The van der Waals surface area contributed by atoms with Crippen LogP contribution in [-0.2, 0) is 15.6 Å². The van der Waals surface area contributed by atoms with Gasteiger partial charge in [0.05, 0.1) is 22.8 Å². The lowest BCUT2D eigenvalue weighted by atomic mass is 10.3. The van der Waals surface area contributed by atoms with Crippen molar-refractivity contribution < 1.29 is 13.7 Å². The van der Waals surface area contributed by atoms with E-state index in [2.05, 4.69) is 0 Å². The van der Waals surface area contributed by atoms with E-state index in [0.717, 1.165) is 12.8 Å². The Hall–Kier alpha value is -1.56. The summed E-state index contributed by atoms with van der Waals surface area (Å²) in [6.07, 6.45) is 2.08. The number of nitrogens with zero attached hydrogens (tertiary/aromatic N) is 1. The van der Waals surface area contributed by atoms with Crippen LogP contribution in [0.1, 0.15) is 12.8 Å². The van der Waals surface area contributed by atoms with Gasteiger partial charge in [0, 0.05) is 24.8 Å². The molecule has 0 radical (unpaired) electrons. The van der Waals surface area contributed by atoms with E-state index in [-0.39, 0.29) is 11.7 Å². The fourth-order valence-electron chi connectivity index (χ4n) is 1.83. The molecule has 1 aromatic carbocycles. The Morgan fingerprint density at radius 2 is 2.21 bits per heavy atom. The van der Waals surface area contributed by atoms with E-state index in [0.29, 0.717) is 22.4 Å². The van der Waals surface area contributed by atoms with Gasteiger partial charge in [0.25, 0.3) is 0 Å². The van der Waals surface area contributed by atoms with Gasteiger partial charge in [0.2, 0.25) is 5.91 Å². The van der Waals surface area contributed by atoms with Crippen LogP contribution in [0.4, 0.5) is 5.69 Å². The number of carbonyl (C=O) groups excluding carboxylic acids is 1. The van der Waals surface area contributed by atoms with Gasteiger partial charge in [-0.05, 0) is 25.0 Å². The van der Waals surface area contributed by atoms with Gasteiger partial charge < -0.3 is 15.4 Å². The second kappa shape index (κ2) is 5.61. The summed E-state index contributed by atoms with van der Waals surface area (Å²) in [4.78, 5) is 14.1. The Labute approximate surface area is 115 Å². The average molecular weight is 282 g/mol. The van der Waals surface area contributed by atoms with Crippen molar-refractivity contribution in [2.75, 3.05) is 25.6 Å². The number of methoxy groups -OCH3 is 1. The lowest BCUT2D eigenvalue weighted by Gasteiger charge is -2.16. The van der Waals surface area contributed by atoms with E-state index in [4.69, 9.17) is 10.5 Å². The standard InChI is InChI=1S/C13H18N2O3S/c1-15(10-4-5-10)13(16)8-19(17)12-6-3-9(14)7-11(12)18-2/h3,6-7,10H,4-5,8,14H2,1-2H3. The molecule has 1 aromatic rings. The molecule has 1 aliphatic rings. The molecule has 2 rings (SSSR count). The molecule has 0 bridgehead atoms. The maximum Gasteiger partial charge on any atom is 0.235 e. The number of ether oxygens (including phenoxy) is 1. The molecule has 0 heterocycles. The maximum atomic E-state index is 12.2. The summed E-state index contributed by atoms with van der Waals surface area (Å²) in [5.41, 5.74) is 6.19. The predicted octanol–water partition coefficient (Wildman–Crippen LogP) is 1.01. The minimum Gasteiger partial charge on any atom is -0.495 e. The molecule has 0 aliphatic heterocycles. The molecule has 1 unspecified atom stereocenters. The molecule has 1 amide bonds. The van der Waals surface area contributed by atoms with E-state index in [1.807, 2.05) is 0 Å². The first-order valence-corrected chi connectivity index (χ1v) is 7.42. The third kappa shape index (κ3) is 3.26. The highest BCUT2D eigenvalue weighted by molar-refractivity contribution is 7.85. The number of rotatable bonds is 5. The van der Waals surface area contributed by atoms with Crippen LogP contribution in [0.25, 0.3) is 0 Å². The summed E-state index contributed by atoms with van der Waals surface area (Å²) in [7, 11) is 1.84. The van der Waals surface area contributed by atoms with Crippen LogP contribution in [0.15, 0.2) is 23.1 Å². The SMILES string of the molecule is COc1cc(N)ccc1S(=O)CC(=O)N(C)C1CC1. The zero-order valence-corrected chi connectivity index (χ0v) is 11.9.